The number of hydrogen-bond acceptors (Lipinski definition) is 3. The van der Waals surface area contributed by atoms with Crippen molar-refractivity contribution in [1.29, 1.82) is 0 Å². The van der Waals surface area contributed by atoms with Crippen molar-refractivity contribution in [3.05, 3.63) is 28.1 Å². The Bertz CT molecular complexity index is 277. The van der Waals surface area contributed by atoms with Gasteiger partial charge >= 0.3 is 5.97 Å². The van der Waals surface area contributed by atoms with Crippen LogP contribution in [0.4, 0.5) is 0 Å². The molecule has 3 N–H and O–H groups in total. The summed E-state index contributed by atoms with van der Waals surface area (Å²) in [5.41, 5.74) is 5.04. The summed E-state index contributed by atoms with van der Waals surface area (Å²) in [4.78, 5) is 11.1. The number of carboxylic acids is 1. The fourth-order valence-electron chi connectivity index (χ4n) is 0.588. The van der Waals surface area contributed by atoms with E-state index in [0.29, 0.717) is 0 Å². The maximum atomic E-state index is 10.2. The van der Waals surface area contributed by atoms with Crippen molar-refractivity contribution in [3.8, 4) is 0 Å². The maximum Gasteiger partial charge on any atom is 0.351 e. The quantitative estimate of drug-likeness (QED) is 0.652. The Hall–Kier alpha value is -1.29. The number of rotatable bonds is 2. The predicted molar refractivity (Wildman–Crippen MR) is 44.1 cm³/mol. The first kappa shape index (κ1) is 7.81. The summed E-state index contributed by atoms with van der Waals surface area (Å²) in [6.07, 6.45) is 1.44. The molecule has 58 valence electrons. The summed E-state index contributed by atoms with van der Waals surface area (Å²) >= 11 is 1.45. The van der Waals surface area contributed by atoms with Crippen LogP contribution in [-0.4, -0.2) is 11.1 Å². The Morgan fingerprint density at radius 3 is 2.91 bits per heavy atom. The van der Waals surface area contributed by atoms with Crippen molar-refractivity contribution >= 4 is 23.4 Å². The Morgan fingerprint density at radius 2 is 2.45 bits per heavy atom. The predicted octanol–water partition coefficient (Wildman–Crippen LogP) is 1.13. The minimum absolute atomic E-state index is 0.132. The van der Waals surface area contributed by atoms with Gasteiger partial charge in [0.2, 0.25) is 0 Å². The van der Waals surface area contributed by atoms with Crippen LogP contribution >= 0.6 is 11.3 Å². The summed E-state index contributed by atoms with van der Waals surface area (Å²) in [7, 11) is 0. The molecule has 0 radical (unpaired) electrons. The molecule has 0 unspecified atom stereocenters. The van der Waals surface area contributed by atoms with Crippen molar-refractivity contribution in [3.63, 3.8) is 0 Å². The highest BCUT2D eigenvalue weighted by Crippen LogP contribution is 2.11. The lowest BCUT2D eigenvalue weighted by Gasteiger charge is -1.89. The van der Waals surface area contributed by atoms with E-state index in [-0.39, 0.29) is 5.70 Å². The lowest BCUT2D eigenvalue weighted by molar-refractivity contribution is -0.132. The van der Waals surface area contributed by atoms with Crippen LogP contribution in [0.15, 0.2) is 23.2 Å². The van der Waals surface area contributed by atoms with Gasteiger partial charge in [0.1, 0.15) is 5.70 Å². The second-order valence-electron chi connectivity index (χ2n) is 1.92. The van der Waals surface area contributed by atoms with Gasteiger partial charge in [0.25, 0.3) is 0 Å². The number of thiophene rings is 1. The Morgan fingerprint density at radius 1 is 1.73 bits per heavy atom. The molecule has 0 atom stereocenters. The number of nitrogens with two attached hydrogens (primary N) is 1. The number of carbonyl (C=O) groups is 1. The van der Waals surface area contributed by atoms with Crippen LogP contribution in [0.1, 0.15) is 4.88 Å². The van der Waals surface area contributed by atoms with Gasteiger partial charge in [-0.25, -0.2) is 4.79 Å². The molecule has 0 aliphatic rings. The fraction of sp³-hybridized carbons (Fsp3) is 0. The molecule has 0 amide bonds. The molecule has 1 rings (SSSR count). The lowest BCUT2D eigenvalue weighted by Crippen LogP contribution is -2.08. The highest BCUT2D eigenvalue weighted by atomic mass is 32.1. The first-order valence-corrected chi connectivity index (χ1v) is 3.82. The number of carboxylic acid groups (broad SMARTS) is 1. The van der Waals surface area contributed by atoms with E-state index in [1.54, 1.807) is 6.07 Å². The van der Waals surface area contributed by atoms with Gasteiger partial charge in [-0.15, -0.1) is 11.3 Å². The Labute approximate surface area is 67.8 Å². The van der Waals surface area contributed by atoms with E-state index in [1.807, 2.05) is 11.4 Å². The first-order chi connectivity index (χ1) is 5.20. The van der Waals surface area contributed by atoms with Crippen molar-refractivity contribution in [2.75, 3.05) is 0 Å². The van der Waals surface area contributed by atoms with Crippen LogP contribution in [0, 0.1) is 0 Å². The molecule has 1 aromatic heterocycles. The third-order valence-corrected chi connectivity index (χ3v) is 1.91. The molecular weight excluding hydrogens is 162 g/mol. The molecule has 1 aromatic rings. The normalized spacial score (nSPS) is 11.5. The third-order valence-electron chi connectivity index (χ3n) is 1.09. The lowest BCUT2D eigenvalue weighted by atomic mass is 10.3. The van der Waals surface area contributed by atoms with E-state index in [2.05, 4.69) is 0 Å². The van der Waals surface area contributed by atoms with E-state index < -0.39 is 5.97 Å². The summed E-state index contributed by atoms with van der Waals surface area (Å²) in [5.74, 6) is -1.08. The van der Waals surface area contributed by atoms with Gasteiger partial charge in [0.15, 0.2) is 0 Å². The van der Waals surface area contributed by atoms with Gasteiger partial charge in [-0.05, 0) is 17.5 Å². The van der Waals surface area contributed by atoms with Crippen LogP contribution in [0.25, 0.3) is 6.08 Å². The first-order valence-electron chi connectivity index (χ1n) is 2.94. The minimum Gasteiger partial charge on any atom is -0.477 e. The van der Waals surface area contributed by atoms with Gasteiger partial charge in [0.05, 0.1) is 0 Å². The second kappa shape index (κ2) is 3.21. The largest absolute Gasteiger partial charge is 0.477 e. The van der Waals surface area contributed by atoms with Crippen LogP contribution in [0.5, 0.6) is 0 Å². The zero-order valence-electron chi connectivity index (χ0n) is 5.65. The topological polar surface area (TPSA) is 63.3 Å². The molecule has 0 bridgehead atoms. The van der Waals surface area contributed by atoms with Gasteiger partial charge in [-0.1, -0.05) is 6.07 Å². The standard InChI is InChI=1S/C7H7NO2S/c8-6(7(9)10)4-5-2-1-3-11-5/h1-4H,8H2,(H,9,10)/b6-4+. The van der Waals surface area contributed by atoms with Crippen molar-refractivity contribution in [2.24, 2.45) is 5.73 Å². The SMILES string of the molecule is N/C(=C/c1cccs1)C(=O)O. The van der Waals surface area contributed by atoms with Crippen LogP contribution in [0.3, 0.4) is 0 Å². The average Bonchev–Trinajstić information content (AvgIpc) is 2.39. The van der Waals surface area contributed by atoms with Gasteiger partial charge < -0.3 is 10.8 Å². The monoisotopic (exact) mass is 169 g/mol. The molecule has 1 heterocycles. The summed E-state index contributed by atoms with van der Waals surface area (Å²) in [6, 6.07) is 3.64. The highest BCUT2D eigenvalue weighted by Gasteiger charge is 2.00. The van der Waals surface area contributed by atoms with E-state index in [9.17, 15) is 4.79 Å². The molecule has 11 heavy (non-hydrogen) atoms. The summed E-state index contributed by atoms with van der Waals surface area (Å²) in [6.45, 7) is 0. The molecule has 0 spiro atoms. The number of hydrogen-bond donors (Lipinski definition) is 2. The van der Waals surface area contributed by atoms with E-state index in [1.165, 1.54) is 17.4 Å². The van der Waals surface area contributed by atoms with Gasteiger partial charge in [-0.2, -0.15) is 0 Å². The molecule has 0 fully saturated rings. The summed E-state index contributed by atoms with van der Waals surface area (Å²) < 4.78 is 0. The van der Waals surface area contributed by atoms with Crippen LogP contribution < -0.4 is 5.73 Å². The van der Waals surface area contributed by atoms with Crippen molar-refractivity contribution < 1.29 is 9.90 Å². The van der Waals surface area contributed by atoms with E-state index >= 15 is 0 Å². The van der Waals surface area contributed by atoms with Gasteiger partial charge in [-0.3, -0.25) is 0 Å². The zero-order chi connectivity index (χ0) is 8.27. The fourth-order valence-corrected chi connectivity index (χ4v) is 1.25. The van der Waals surface area contributed by atoms with Gasteiger partial charge in [0, 0.05) is 4.88 Å². The Balaban J connectivity index is 2.82. The molecular formula is C7H7NO2S. The average molecular weight is 169 g/mol. The third kappa shape index (κ3) is 2.09. The van der Waals surface area contributed by atoms with Crippen molar-refractivity contribution in [1.82, 2.24) is 0 Å². The smallest absolute Gasteiger partial charge is 0.351 e. The molecule has 0 aliphatic heterocycles. The minimum atomic E-state index is -1.08. The van der Waals surface area contributed by atoms with E-state index in [4.69, 9.17) is 10.8 Å². The molecule has 0 saturated heterocycles. The number of aliphatic carboxylic acids is 1. The second-order valence-corrected chi connectivity index (χ2v) is 2.90. The Kier molecular flexibility index (Phi) is 2.28. The summed E-state index contributed by atoms with van der Waals surface area (Å²) in [5, 5.41) is 10.3. The zero-order valence-corrected chi connectivity index (χ0v) is 6.47. The maximum absolute atomic E-state index is 10.2. The molecule has 4 heteroatoms. The molecule has 0 aromatic carbocycles. The highest BCUT2D eigenvalue weighted by molar-refractivity contribution is 7.10. The van der Waals surface area contributed by atoms with E-state index in [0.717, 1.165) is 4.88 Å². The van der Waals surface area contributed by atoms with Crippen LogP contribution in [-0.2, 0) is 4.79 Å². The molecule has 0 saturated carbocycles. The molecule has 3 nitrogen and oxygen atoms in total. The van der Waals surface area contributed by atoms with Crippen molar-refractivity contribution in [2.45, 2.75) is 0 Å². The molecule has 0 aliphatic carbocycles. The van der Waals surface area contributed by atoms with Crippen LogP contribution in [0.2, 0.25) is 0 Å².